The lowest BCUT2D eigenvalue weighted by atomic mass is 9.93. The quantitative estimate of drug-likeness (QED) is 0.835. The fourth-order valence-electron chi connectivity index (χ4n) is 3.16. The monoisotopic (exact) mass is 270 g/mol. The molecule has 0 bridgehead atoms. The Morgan fingerprint density at radius 1 is 1.42 bits per heavy atom. The number of likely N-dealkylation sites (tertiary alicyclic amines) is 2. The Morgan fingerprint density at radius 2 is 2.16 bits per heavy atom. The van der Waals surface area contributed by atoms with Crippen LogP contribution in [0.4, 0.5) is 4.79 Å². The summed E-state index contributed by atoms with van der Waals surface area (Å²) in [5, 5.41) is 9.49. The van der Waals surface area contributed by atoms with Crippen molar-refractivity contribution in [3.63, 3.8) is 0 Å². The number of carbonyl (C=O) groups is 2. The molecule has 2 unspecified atom stereocenters. The predicted octanol–water partition coefficient (Wildman–Crippen LogP) is 1.16. The number of methoxy groups -OCH3 is 1. The van der Waals surface area contributed by atoms with E-state index in [4.69, 9.17) is 4.74 Å². The number of aliphatic carboxylic acids is 1. The normalized spacial score (nSPS) is 30.9. The maximum atomic E-state index is 12.5. The average Bonchev–Trinajstić information content (AvgIpc) is 3.04. The minimum atomic E-state index is -1.01. The summed E-state index contributed by atoms with van der Waals surface area (Å²) in [7, 11) is 1.64. The Kier molecular flexibility index (Phi) is 3.99. The fraction of sp³-hybridized carbons (Fsp3) is 0.846. The maximum absolute atomic E-state index is 12.5. The van der Waals surface area contributed by atoms with Crippen LogP contribution in [0.1, 0.15) is 32.6 Å². The summed E-state index contributed by atoms with van der Waals surface area (Å²) in [5.74, 6) is -0.886. The topological polar surface area (TPSA) is 70.1 Å². The number of amides is 2. The van der Waals surface area contributed by atoms with Gasteiger partial charge in [0.1, 0.15) is 5.54 Å². The number of carboxylic acids is 1. The van der Waals surface area contributed by atoms with E-state index in [1.165, 1.54) is 0 Å². The molecule has 0 spiro atoms. The lowest BCUT2D eigenvalue weighted by molar-refractivity contribution is -0.148. The number of hydrogen-bond acceptors (Lipinski definition) is 3. The van der Waals surface area contributed by atoms with Crippen LogP contribution in [0.2, 0.25) is 0 Å². The summed E-state index contributed by atoms with van der Waals surface area (Å²) in [4.78, 5) is 27.4. The zero-order valence-electron chi connectivity index (χ0n) is 11.6. The van der Waals surface area contributed by atoms with Gasteiger partial charge in [-0.1, -0.05) is 6.92 Å². The van der Waals surface area contributed by atoms with Crippen LogP contribution in [0.3, 0.4) is 0 Å². The highest BCUT2D eigenvalue weighted by atomic mass is 16.5. The van der Waals surface area contributed by atoms with Crippen molar-refractivity contribution < 1.29 is 19.4 Å². The SMILES string of the molecule is CCC1(C(=O)O)CCCN1C(=O)N1CCC(OC)C1. The van der Waals surface area contributed by atoms with Gasteiger partial charge >= 0.3 is 12.0 Å². The van der Waals surface area contributed by atoms with Gasteiger partial charge in [0.25, 0.3) is 0 Å². The van der Waals surface area contributed by atoms with Crippen molar-refractivity contribution in [3.05, 3.63) is 0 Å². The van der Waals surface area contributed by atoms with Crippen molar-refractivity contribution in [1.82, 2.24) is 9.80 Å². The molecule has 19 heavy (non-hydrogen) atoms. The Hall–Kier alpha value is -1.30. The highest BCUT2D eigenvalue weighted by molar-refractivity contribution is 5.87. The summed E-state index contributed by atoms with van der Waals surface area (Å²) in [6.45, 7) is 3.58. The van der Waals surface area contributed by atoms with Crippen LogP contribution in [0, 0.1) is 0 Å². The van der Waals surface area contributed by atoms with Crippen LogP contribution in [-0.2, 0) is 9.53 Å². The van der Waals surface area contributed by atoms with E-state index in [0.29, 0.717) is 32.5 Å². The van der Waals surface area contributed by atoms with Gasteiger partial charge in [0, 0.05) is 26.7 Å². The summed E-state index contributed by atoms with van der Waals surface area (Å²) >= 11 is 0. The first kappa shape index (κ1) is 14.1. The molecule has 2 fully saturated rings. The molecule has 2 rings (SSSR count). The Balaban J connectivity index is 2.12. The number of carboxylic acid groups (broad SMARTS) is 1. The number of hydrogen-bond donors (Lipinski definition) is 1. The number of ether oxygens (including phenoxy) is 1. The van der Waals surface area contributed by atoms with Crippen LogP contribution in [0.25, 0.3) is 0 Å². The predicted molar refractivity (Wildman–Crippen MR) is 69.0 cm³/mol. The van der Waals surface area contributed by atoms with Crippen LogP contribution in [0.5, 0.6) is 0 Å². The van der Waals surface area contributed by atoms with Gasteiger partial charge in [-0.15, -0.1) is 0 Å². The van der Waals surface area contributed by atoms with E-state index in [-0.39, 0.29) is 12.1 Å². The Morgan fingerprint density at radius 3 is 2.68 bits per heavy atom. The van der Waals surface area contributed by atoms with E-state index in [9.17, 15) is 14.7 Å². The second kappa shape index (κ2) is 5.36. The van der Waals surface area contributed by atoms with E-state index in [2.05, 4.69) is 0 Å². The second-order valence-electron chi connectivity index (χ2n) is 5.32. The number of carbonyl (C=O) groups excluding carboxylic acids is 1. The van der Waals surface area contributed by atoms with E-state index < -0.39 is 11.5 Å². The molecule has 0 saturated carbocycles. The summed E-state index contributed by atoms with van der Waals surface area (Å²) in [6, 6.07) is -0.152. The van der Waals surface area contributed by atoms with Gasteiger partial charge in [-0.2, -0.15) is 0 Å². The van der Waals surface area contributed by atoms with Crippen molar-refractivity contribution in [2.24, 2.45) is 0 Å². The van der Waals surface area contributed by atoms with Crippen LogP contribution in [-0.4, -0.2) is 65.3 Å². The number of rotatable bonds is 3. The minimum Gasteiger partial charge on any atom is -0.479 e. The molecule has 6 nitrogen and oxygen atoms in total. The molecule has 0 aromatic heterocycles. The lowest BCUT2D eigenvalue weighted by Crippen LogP contribution is -2.56. The van der Waals surface area contributed by atoms with Crippen molar-refractivity contribution in [2.75, 3.05) is 26.7 Å². The molecule has 6 heteroatoms. The summed E-state index contributed by atoms with van der Waals surface area (Å²) in [6.07, 6.45) is 2.66. The zero-order chi connectivity index (χ0) is 14.0. The number of nitrogens with zero attached hydrogens (tertiary/aromatic N) is 2. The van der Waals surface area contributed by atoms with Gasteiger partial charge in [-0.25, -0.2) is 9.59 Å². The van der Waals surface area contributed by atoms with Crippen LogP contribution in [0.15, 0.2) is 0 Å². The van der Waals surface area contributed by atoms with E-state index in [1.807, 2.05) is 6.92 Å². The lowest BCUT2D eigenvalue weighted by Gasteiger charge is -2.36. The molecule has 0 radical (unpaired) electrons. The van der Waals surface area contributed by atoms with Crippen molar-refractivity contribution in [1.29, 1.82) is 0 Å². The second-order valence-corrected chi connectivity index (χ2v) is 5.32. The molecule has 2 aliphatic rings. The third kappa shape index (κ3) is 2.29. The van der Waals surface area contributed by atoms with Crippen molar-refractivity contribution in [2.45, 2.75) is 44.2 Å². The summed E-state index contributed by atoms with van der Waals surface area (Å²) < 4.78 is 5.25. The third-order valence-corrected chi connectivity index (χ3v) is 4.45. The summed E-state index contributed by atoms with van der Waals surface area (Å²) in [5.41, 5.74) is -1.01. The fourth-order valence-corrected chi connectivity index (χ4v) is 3.16. The first-order valence-electron chi connectivity index (χ1n) is 6.88. The van der Waals surface area contributed by atoms with Gasteiger partial charge in [0.2, 0.25) is 0 Å². The van der Waals surface area contributed by atoms with E-state index >= 15 is 0 Å². The standard InChI is InChI=1S/C13H22N2O4/c1-3-13(11(16)17)6-4-7-15(13)12(18)14-8-5-10(9-14)19-2/h10H,3-9H2,1-2H3,(H,16,17). The van der Waals surface area contributed by atoms with Gasteiger partial charge in [0.05, 0.1) is 6.10 Å². The Labute approximate surface area is 113 Å². The largest absolute Gasteiger partial charge is 0.479 e. The first-order valence-corrected chi connectivity index (χ1v) is 6.88. The molecular formula is C13H22N2O4. The molecule has 2 saturated heterocycles. The van der Waals surface area contributed by atoms with Crippen LogP contribution >= 0.6 is 0 Å². The van der Waals surface area contributed by atoms with Gasteiger partial charge in [-0.05, 0) is 25.7 Å². The molecule has 2 aliphatic heterocycles. The van der Waals surface area contributed by atoms with E-state index in [0.717, 1.165) is 12.8 Å². The van der Waals surface area contributed by atoms with Gasteiger partial charge in [-0.3, -0.25) is 0 Å². The molecule has 2 amide bonds. The average molecular weight is 270 g/mol. The smallest absolute Gasteiger partial charge is 0.329 e. The first-order chi connectivity index (χ1) is 9.05. The van der Waals surface area contributed by atoms with Gasteiger partial charge in [0.15, 0.2) is 0 Å². The minimum absolute atomic E-state index is 0.0763. The highest BCUT2D eigenvalue weighted by Gasteiger charge is 2.50. The molecule has 2 heterocycles. The maximum Gasteiger partial charge on any atom is 0.329 e. The van der Waals surface area contributed by atoms with E-state index in [1.54, 1.807) is 16.9 Å². The molecule has 0 aromatic carbocycles. The van der Waals surface area contributed by atoms with Crippen molar-refractivity contribution >= 4 is 12.0 Å². The molecular weight excluding hydrogens is 248 g/mol. The molecule has 1 N–H and O–H groups in total. The highest BCUT2D eigenvalue weighted by Crippen LogP contribution is 2.34. The zero-order valence-corrected chi connectivity index (χ0v) is 11.6. The van der Waals surface area contributed by atoms with Gasteiger partial charge < -0.3 is 19.6 Å². The molecule has 0 aliphatic carbocycles. The Bertz CT molecular complexity index is 374. The molecule has 2 atom stereocenters. The third-order valence-electron chi connectivity index (χ3n) is 4.45. The molecule has 108 valence electrons. The number of urea groups is 1. The molecule has 0 aromatic rings. The van der Waals surface area contributed by atoms with Crippen molar-refractivity contribution in [3.8, 4) is 0 Å². The van der Waals surface area contributed by atoms with Crippen LogP contribution < -0.4 is 0 Å².